The number of likely N-dealkylation sites (tertiary alicyclic amines) is 1. The molecule has 1 aliphatic heterocycles. The first-order chi connectivity index (χ1) is 8.90. The van der Waals surface area contributed by atoms with E-state index >= 15 is 0 Å². The summed E-state index contributed by atoms with van der Waals surface area (Å²) in [4.78, 5) is 35.2. The van der Waals surface area contributed by atoms with Crippen molar-refractivity contribution in [3.63, 3.8) is 0 Å². The van der Waals surface area contributed by atoms with Gasteiger partial charge in [0.1, 0.15) is 6.04 Å². The lowest BCUT2D eigenvalue weighted by Crippen LogP contribution is -2.50. The van der Waals surface area contributed by atoms with Crippen LogP contribution in [0.15, 0.2) is 0 Å². The molecule has 7 nitrogen and oxygen atoms in total. The quantitative estimate of drug-likeness (QED) is 0.660. The summed E-state index contributed by atoms with van der Waals surface area (Å²) in [5.74, 6) is -1.14. The summed E-state index contributed by atoms with van der Waals surface area (Å²) in [5.41, 5.74) is 4.97. The molecule has 0 aromatic heterocycles. The molecular formula is C12H21N3O4. The van der Waals surface area contributed by atoms with E-state index in [4.69, 9.17) is 10.8 Å². The molecule has 1 fully saturated rings. The Hall–Kier alpha value is -1.79. The highest BCUT2D eigenvalue weighted by Gasteiger charge is 2.25. The van der Waals surface area contributed by atoms with Crippen molar-refractivity contribution in [3.8, 4) is 0 Å². The number of hydrogen-bond donors (Lipinski definition) is 3. The third-order valence-corrected chi connectivity index (χ3v) is 3.35. The van der Waals surface area contributed by atoms with Crippen LogP contribution >= 0.6 is 0 Å². The number of nitrogens with two attached hydrogens (primary N) is 1. The van der Waals surface area contributed by atoms with Crippen LogP contribution in [-0.2, 0) is 9.59 Å². The molecule has 1 rings (SSSR count). The van der Waals surface area contributed by atoms with E-state index in [0.29, 0.717) is 19.0 Å². The van der Waals surface area contributed by atoms with Crippen molar-refractivity contribution in [1.82, 2.24) is 10.2 Å². The van der Waals surface area contributed by atoms with Crippen LogP contribution in [0.2, 0.25) is 0 Å². The van der Waals surface area contributed by atoms with Gasteiger partial charge in [-0.2, -0.15) is 0 Å². The number of nitrogens with one attached hydrogen (secondary N) is 1. The Kier molecular flexibility index (Phi) is 5.59. The first-order valence-corrected chi connectivity index (χ1v) is 6.46. The van der Waals surface area contributed by atoms with Gasteiger partial charge in [-0.25, -0.2) is 9.59 Å². The Bertz CT molecular complexity index is 351. The number of carbonyl (C=O) groups excluding carboxylic acids is 2. The van der Waals surface area contributed by atoms with E-state index < -0.39 is 17.9 Å². The molecule has 1 saturated heterocycles. The van der Waals surface area contributed by atoms with E-state index in [9.17, 15) is 14.4 Å². The van der Waals surface area contributed by atoms with Gasteiger partial charge in [-0.05, 0) is 25.2 Å². The van der Waals surface area contributed by atoms with Gasteiger partial charge in [0.05, 0.1) is 0 Å². The SMILES string of the molecule is CC1CCN(C(=O)NC(CCC(N)=O)C(=O)O)CC1. The Morgan fingerprint density at radius 2 is 1.95 bits per heavy atom. The van der Waals surface area contributed by atoms with Gasteiger partial charge in [-0.15, -0.1) is 0 Å². The monoisotopic (exact) mass is 271 g/mol. The topological polar surface area (TPSA) is 113 Å². The Morgan fingerprint density at radius 1 is 1.37 bits per heavy atom. The molecule has 0 saturated carbocycles. The highest BCUT2D eigenvalue weighted by atomic mass is 16.4. The van der Waals surface area contributed by atoms with Crippen LogP contribution in [-0.4, -0.2) is 47.0 Å². The van der Waals surface area contributed by atoms with Crippen LogP contribution < -0.4 is 11.1 Å². The number of amides is 3. The zero-order valence-electron chi connectivity index (χ0n) is 11.1. The normalized spacial score (nSPS) is 17.8. The minimum absolute atomic E-state index is 0.0145. The van der Waals surface area contributed by atoms with Crippen LogP contribution in [0.5, 0.6) is 0 Å². The molecule has 108 valence electrons. The average Bonchev–Trinajstić information content (AvgIpc) is 2.34. The number of piperidine rings is 1. The second kappa shape index (κ2) is 6.96. The van der Waals surface area contributed by atoms with E-state index in [1.807, 2.05) is 0 Å². The number of aliphatic carboxylic acids is 1. The number of hydrogen-bond acceptors (Lipinski definition) is 3. The smallest absolute Gasteiger partial charge is 0.326 e. The van der Waals surface area contributed by atoms with Crippen LogP contribution in [0.3, 0.4) is 0 Å². The van der Waals surface area contributed by atoms with E-state index in [0.717, 1.165) is 12.8 Å². The summed E-state index contributed by atoms with van der Waals surface area (Å²) in [7, 11) is 0. The van der Waals surface area contributed by atoms with Gasteiger partial charge in [0.2, 0.25) is 5.91 Å². The van der Waals surface area contributed by atoms with Crippen LogP contribution in [0, 0.1) is 5.92 Å². The van der Waals surface area contributed by atoms with Crippen molar-refractivity contribution in [2.45, 2.75) is 38.6 Å². The fourth-order valence-corrected chi connectivity index (χ4v) is 2.00. The molecule has 0 radical (unpaired) electrons. The minimum atomic E-state index is -1.15. The van der Waals surface area contributed by atoms with Crippen molar-refractivity contribution in [1.29, 1.82) is 0 Å². The van der Waals surface area contributed by atoms with Crippen molar-refractivity contribution in [2.75, 3.05) is 13.1 Å². The lowest BCUT2D eigenvalue weighted by molar-refractivity contribution is -0.139. The maximum atomic E-state index is 11.9. The lowest BCUT2D eigenvalue weighted by Gasteiger charge is -2.31. The van der Waals surface area contributed by atoms with Crippen molar-refractivity contribution >= 4 is 17.9 Å². The fraction of sp³-hybridized carbons (Fsp3) is 0.750. The summed E-state index contributed by atoms with van der Waals surface area (Å²) >= 11 is 0. The van der Waals surface area contributed by atoms with E-state index in [-0.39, 0.29) is 18.9 Å². The van der Waals surface area contributed by atoms with Crippen molar-refractivity contribution in [2.24, 2.45) is 11.7 Å². The number of carboxylic acids is 1. The molecule has 0 aromatic rings. The first-order valence-electron chi connectivity index (χ1n) is 6.46. The van der Waals surface area contributed by atoms with Crippen molar-refractivity contribution < 1.29 is 19.5 Å². The second-order valence-corrected chi connectivity index (χ2v) is 5.01. The van der Waals surface area contributed by atoms with Gasteiger partial charge in [0, 0.05) is 19.5 Å². The fourth-order valence-electron chi connectivity index (χ4n) is 2.00. The van der Waals surface area contributed by atoms with Gasteiger partial charge in [0.15, 0.2) is 0 Å². The maximum Gasteiger partial charge on any atom is 0.326 e. The van der Waals surface area contributed by atoms with Gasteiger partial charge < -0.3 is 21.1 Å². The molecule has 1 aliphatic rings. The standard InChI is InChI=1S/C12H21N3O4/c1-8-4-6-15(7-5-8)12(19)14-9(11(17)18)2-3-10(13)16/h8-9H,2-7H2,1H3,(H2,13,16)(H,14,19)(H,17,18). The van der Waals surface area contributed by atoms with Gasteiger partial charge in [-0.3, -0.25) is 4.79 Å². The Morgan fingerprint density at radius 3 is 2.42 bits per heavy atom. The predicted molar refractivity (Wildman–Crippen MR) is 68.4 cm³/mol. The van der Waals surface area contributed by atoms with Crippen LogP contribution in [0.1, 0.15) is 32.6 Å². The molecule has 0 bridgehead atoms. The predicted octanol–water partition coefficient (Wildman–Crippen LogP) is 0.147. The molecule has 0 aromatic carbocycles. The van der Waals surface area contributed by atoms with E-state index in [1.165, 1.54) is 0 Å². The molecule has 1 atom stereocenters. The van der Waals surface area contributed by atoms with Gasteiger partial charge >= 0.3 is 12.0 Å². The van der Waals surface area contributed by atoms with Crippen LogP contribution in [0.25, 0.3) is 0 Å². The maximum absolute atomic E-state index is 11.9. The van der Waals surface area contributed by atoms with Crippen molar-refractivity contribution in [3.05, 3.63) is 0 Å². The molecule has 3 amide bonds. The van der Waals surface area contributed by atoms with Gasteiger partial charge in [-0.1, -0.05) is 6.92 Å². The summed E-state index contributed by atoms with van der Waals surface area (Å²) in [6, 6.07) is -1.46. The average molecular weight is 271 g/mol. The number of urea groups is 1. The lowest BCUT2D eigenvalue weighted by atomic mass is 9.99. The number of rotatable bonds is 5. The largest absolute Gasteiger partial charge is 0.480 e. The van der Waals surface area contributed by atoms with E-state index in [2.05, 4.69) is 12.2 Å². The number of carboxylic acid groups (broad SMARTS) is 1. The van der Waals surface area contributed by atoms with E-state index in [1.54, 1.807) is 4.90 Å². The molecule has 4 N–H and O–H groups in total. The van der Waals surface area contributed by atoms with Gasteiger partial charge in [0.25, 0.3) is 0 Å². The number of nitrogens with zero attached hydrogens (tertiary/aromatic N) is 1. The molecule has 0 aliphatic carbocycles. The Labute approximate surface area is 112 Å². The summed E-state index contributed by atoms with van der Waals surface area (Å²) in [5, 5.41) is 11.4. The first kappa shape index (κ1) is 15.3. The summed E-state index contributed by atoms with van der Waals surface area (Å²) < 4.78 is 0. The Balaban J connectivity index is 2.46. The zero-order valence-corrected chi connectivity index (χ0v) is 11.1. The molecule has 7 heteroatoms. The van der Waals surface area contributed by atoms with Crippen LogP contribution in [0.4, 0.5) is 4.79 Å². The molecule has 1 heterocycles. The third-order valence-electron chi connectivity index (χ3n) is 3.35. The number of primary amides is 1. The number of carbonyl (C=O) groups is 3. The summed E-state index contributed by atoms with van der Waals surface area (Å²) in [6.07, 6.45) is 1.80. The summed E-state index contributed by atoms with van der Waals surface area (Å²) in [6.45, 7) is 3.40. The molecular weight excluding hydrogens is 250 g/mol. The minimum Gasteiger partial charge on any atom is -0.480 e. The molecule has 0 spiro atoms. The molecule has 1 unspecified atom stereocenters. The zero-order chi connectivity index (χ0) is 14.4. The highest BCUT2D eigenvalue weighted by molar-refractivity contribution is 5.83. The highest BCUT2D eigenvalue weighted by Crippen LogP contribution is 2.16. The third kappa shape index (κ3) is 5.15. The second-order valence-electron chi connectivity index (χ2n) is 5.01. The molecule has 19 heavy (non-hydrogen) atoms.